The lowest BCUT2D eigenvalue weighted by Crippen LogP contribution is -2.37. The summed E-state index contributed by atoms with van der Waals surface area (Å²) in [5, 5.41) is 10.6. The lowest BCUT2D eigenvalue weighted by molar-refractivity contribution is 0.392. The van der Waals surface area contributed by atoms with E-state index in [1.807, 2.05) is 51.1 Å². The number of nitrogens with one attached hydrogen (secondary N) is 2. The monoisotopic (exact) mass is 381 g/mol. The Morgan fingerprint density at radius 1 is 1.14 bits per heavy atom. The van der Waals surface area contributed by atoms with Crippen LogP contribution in [-0.2, 0) is 13.0 Å². The molecule has 1 aromatic carbocycles. The molecule has 0 saturated heterocycles. The highest BCUT2D eigenvalue weighted by molar-refractivity contribution is 5.79. The predicted octanol–water partition coefficient (Wildman–Crippen LogP) is 3.63. The maximum Gasteiger partial charge on any atom is 0.226 e. The van der Waals surface area contributed by atoms with E-state index in [1.165, 1.54) is 5.56 Å². The Morgan fingerprint density at radius 3 is 2.68 bits per heavy atom. The third-order valence-corrected chi connectivity index (χ3v) is 4.39. The molecule has 0 aliphatic heterocycles. The smallest absolute Gasteiger partial charge is 0.226 e. The predicted molar refractivity (Wildman–Crippen MR) is 109 cm³/mol. The van der Waals surface area contributed by atoms with E-state index in [-0.39, 0.29) is 0 Å². The summed E-state index contributed by atoms with van der Waals surface area (Å²) < 4.78 is 10.8. The van der Waals surface area contributed by atoms with Crippen molar-refractivity contribution >= 4 is 5.96 Å². The molecule has 0 bridgehead atoms. The number of hydrogen-bond acceptors (Lipinski definition) is 5. The summed E-state index contributed by atoms with van der Waals surface area (Å²) in [6.07, 6.45) is 3.56. The van der Waals surface area contributed by atoms with Gasteiger partial charge in [0.15, 0.2) is 5.96 Å². The Labute approximate surface area is 165 Å². The van der Waals surface area contributed by atoms with Crippen LogP contribution < -0.4 is 10.6 Å². The average Bonchev–Trinajstić information content (AvgIpc) is 3.31. The molecule has 148 valence electrons. The largest absolute Gasteiger partial charge is 0.444 e. The van der Waals surface area contributed by atoms with Gasteiger partial charge >= 0.3 is 0 Å². The molecule has 0 atom stereocenters. The van der Waals surface area contributed by atoms with Crippen molar-refractivity contribution in [1.29, 1.82) is 0 Å². The zero-order valence-corrected chi connectivity index (χ0v) is 16.7. The van der Waals surface area contributed by atoms with E-state index in [9.17, 15) is 0 Å². The molecular weight excluding hydrogens is 354 g/mol. The van der Waals surface area contributed by atoms with Gasteiger partial charge in [0.25, 0.3) is 0 Å². The second-order valence-electron chi connectivity index (χ2n) is 6.54. The van der Waals surface area contributed by atoms with E-state index in [4.69, 9.17) is 8.94 Å². The van der Waals surface area contributed by atoms with Gasteiger partial charge in [0.05, 0.1) is 12.2 Å². The molecule has 7 nitrogen and oxygen atoms in total. The number of aromatic nitrogens is 2. The third kappa shape index (κ3) is 5.22. The lowest BCUT2D eigenvalue weighted by atomic mass is 10.1. The van der Waals surface area contributed by atoms with Crippen LogP contribution in [0.25, 0.3) is 11.5 Å². The SMILES string of the molecule is CCNC(=NCc1coc(-c2ccccc2)n1)NCCCc1c(C)noc1C. The number of hydrogen-bond donors (Lipinski definition) is 2. The van der Waals surface area contributed by atoms with Crippen LogP contribution in [0.5, 0.6) is 0 Å². The average molecular weight is 381 g/mol. The van der Waals surface area contributed by atoms with Crippen molar-refractivity contribution in [1.82, 2.24) is 20.8 Å². The molecule has 0 saturated carbocycles. The van der Waals surface area contributed by atoms with Gasteiger partial charge in [-0.25, -0.2) is 9.98 Å². The first-order valence-corrected chi connectivity index (χ1v) is 9.61. The summed E-state index contributed by atoms with van der Waals surface area (Å²) in [5.41, 5.74) is 3.92. The fourth-order valence-electron chi connectivity index (χ4n) is 2.93. The van der Waals surface area contributed by atoms with Crippen molar-refractivity contribution in [2.24, 2.45) is 4.99 Å². The number of oxazole rings is 1. The van der Waals surface area contributed by atoms with E-state index in [2.05, 4.69) is 25.8 Å². The van der Waals surface area contributed by atoms with Crippen molar-refractivity contribution < 1.29 is 8.94 Å². The second kappa shape index (κ2) is 9.73. The summed E-state index contributed by atoms with van der Waals surface area (Å²) in [5.74, 6) is 2.28. The molecule has 2 aromatic heterocycles. The van der Waals surface area contributed by atoms with E-state index >= 15 is 0 Å². The fourth-order valence-corrected chi connectivity index (χ4v) is 2.93. The van der Waals surface area contributed by atoms with Crippen LogP contribution >= 0.6 is 0 Å². The summed E-state index contributed by atoms with van der Waals surface area (Å²) in [7, 11) is 0. The van der Waals surface area contributed by atoms with Crippen LogP contribution in [0.1, 0.15) is 36.1 Å². The summed E-state index contributed by atoms with van der Waals surface area (Å²) in [6, 6.07) is 9.85. The molecule has 0 fully saturated rings. The van der Waals surface area contributed by atoms with E-state index in [1.54, 1.807) is 6.26 Å². The van der Waals surface area contributed by atoms with Crippen molar-refractivity contribution in [2.75, 3.05) is 13.1 Å². The van der Waals surface area contributed by atoms with Gasteiger partial charge in [0.1, 0.15) is 17.7 Å². The zero-order chi connectivity index (χ0) is 19.8. The maximum atomic E-state index is 5.57. The van der Waals surface area contributed by atoms with Crippen molar-refractivity contribution in [3.05, 3.63) is 59.3 Å². The number of benzene rings is 1. The highest BCUT2D eigenvalue weighted by atomic mass is 16.5. The first kappa shape index (κ1) is 19.7. The molecule has 0 radical (unpaired) electrons. The van der Waals surface area contributed by atoms with Gasteiger partial charge < -0.3 is 19.6 Å². The minimum atomic E-state index is 0.454. The van der Waals surface area contributed by atoms with Gasteiger partial charge in [-0.1, -0.05) is 23.4 Å². The van der Waals surface area contributed by atoms with Gasteiger partial charge in [0, 0.05) is 24.2 Å². The van der Waals surface area contributed by atoms with E-state index < -0.39 is 0 Å². The number of guanidine groups is 1. The summed E-state index contributed by atoms with van der Waals surface area (Å²) in [6.45, 7) is 8.04. The third-order valence-electron chi connectivity index (χ3n) is 4.39. The van der Waals surface area contributed by atoms with Gasteiger partial charge in [-0.2, -0.15) is 0 Å². The normalized spacial score (nSPS) is 11.6. The Balaban J connectivity index is 1.52. The Bertz CT molecular complexity index is 879. The van der Waals surface area contributed by atoms with Crippen LogP contribution in [-0.4, -0.2) is 29.2 Å². The number of aliphatic imine (C=N–C) groups is 1. The summed E-state index contributed by atoms with van der Waals surface area (Å²) >= 11 is 0. The quantitative estimate of drug-likeness (QED) is 0.352. The Morgan fingerprint density at radius 2 is 1.96 bits per heavy atom. The molecule has 0 unspecified atom stereocenters. The highest BCUT2D eigenvalue weighted by Crippen LogP contribution is 2.18. The van der Waals surface area contributed by atoms with Crippen molar-refractivity contribution in [3.8, 4) is 11.5 Å². The van der Waals surface area contributed by atoms with E-state index in [0.717, 1.165) is 54.6 Å². The minimum absolute atomic E-state index is 0.454. The van der Waals surface area contributed by atoms with Crippen LogP contribution in [0.4, 0.5) is 0 Å². The van der Waals surface area contributed by atoms with Crippen LogP contribution in [0.2, 0.25) is 0 Å². The number of rotatable bonds is 8. The highest BCUT2D eigenvalue weighted by Gasteiger charge is 2.09. The van der Waals surface area contributed by atoms with Gasteiger partial charge in [-0.3, -0.25) is 0 Å². The molecule has 28 heavy (non-hydrogen) atoms. The minimum Gasteiger partial charge on any atom is -0.444 e. The Hall–Kier alpha value is -3.09. The van der Waals surface area contributed by atoms with Crippen molar-refractivity contribution in [3.63, 3.8) is 0 Å². The van der Waals surface area contributed by atoms with Gasteiger partial charge in [0.2, 0.25) is 5.89 Å². The molecule has 0 aliphatic rings. The molecule has 0 spiro atoms. The second-order valence-corrected chi connectivity index (χ2v) is 6.54. The molecule has 7 heteroatoms. The first-order chi connectivity index (χ1) is 13.7. The van der Waals surface area contributed by atoms with Crippen LogP contribution in [0.3, 0.4) is 0 Å². The molecule has 0 amide bonds. The fraction of sp³-hybridized carbons (Fsp3) is 0.381. The van der Waals surface area contributed by atoms with Gasteiger partial charge in [-0.15, -0.1) is 0 Å². The molecule has 2 heterocycles. The van der Waals surface area contributed by atoms with Crippen LogP contribution in [0.15, 0.2) is 50.5 Å². The summed E-state index contributed by atoms with van der Waals surface area (Å²) in [4.78, 5) is 9.12. The van der Waals surface area contributed by atoms with Crippen LogP contribution in [0, 0.1) is 13.8 Å². The van der Waals surface area contributed by atoms with E-state index in [0.29, 0.717) is 12.4 Å². The molecule has 3 rings (SSSR count). The number of aryl methyl sites for hydroxylation is 2. The lowest BCUT2D eigenvalue weighted by Gasteiger charge is -2.10. The molecular formula is C21H27N5O2. The maximum absolute atomic E-state index is 5.57. The first-order valence-electron chi connectivity index (χ1n) is 9.61. The molecule has 0 aliphatic carbocycles. The van der Waals surface area contributed by atoms with Crippen molar-refractivity contribution in [2.45, 2.75) is 40.2 Å². The topological polar surface area (TPSA) is 88.5 Å². The molecule has 3 aromatic rings. The zero-order valence-electron chi connectivity index (χ0n) is 16.7. The number of nitrogens with zero attached hydrogens (tertiary/aromatic N) is 3. The standard InChI is InChI=1S/C21H27N5O2/c1-4-22-21(23-12-8-11-19-15(2)26-28-16(19)3)24-13-18-14-27-20(25-18)17-9-6-5-7-10-17/h5-7,9-10,14H,4,8,11-13H2,1-3H3,(H2,22,23,24). The Kier molecular flexibility index (Phi) is 6.84. The van der Waals surface area contributed by atoms with Gasteiger partial charge in [-0.05, 0) is 45.7 Å². The molecule has 2 N–H and O–H groups in total.